The van der Waals surface area contributed by atoms with Gasteiger partial charge >= 0.3 is 0 Å². The number of amides is 2. The molecule has 20 heavy (non-hydrogen) atoms. The molecule has 108 valence electrons. The zero-order chi connectivity index (χ0) is 14.7. The molecule has 0 atom stereocenters. The Labute approximate surface area is 119 Å². The van der Waals surface area contributed by atoms with E-state index in [1.807, 2.05) is 0 Å². The quantitative estimate of drug-likeness (QED) is 0.855. The average molecular weight is 303 g/mol. The van der Waals surface area contributed by atoms with Gasteiger partial charge in [0.15, 0.2) is 0 Å². The van der Waals surface area contributed by atoms with E-state index >= 15 is 0 Å². The van der Waals surface area contributed by atoms with E-state index in [9.17, 15) is 18.4 Å². The molecule has 0 spiro atoms. The van der Waals surface area contributed by atoms with Gasteiger partial charge in [0.05, 0.1) is 5.56 Å². The number of carbonyl (C=O) groups is 2. The van der Waals surface area contributed by atoms with Crippen LogP contribution in [0, 0.1) is 17.6 Å². The summed E-state index contributed by atoms with van der Waals surface area (Å²) in [6.07, 6.45) is 0. The van der Waals surface area contributed by atoms with Gasteiger partial charge in [-0.2, -0.15) is 0 Å². The molecule has 2 rings (SSSR count). The molecular weight excluding hydrogens is 290 g/mol. The molecule has 0 bridgehead atoms. The minimum absolute atomic E-state index is 0.0557. The summed E-state index contributed by atoms with van der Waals surface area (Å²) in [5, 5.41) is 2.57. The Balaban J connectivity index is 1.81. The Kier molecular flexibility index (Phi) is 4.54. The molecule has 1 aromatic rings. The number of hydrogen-bond donors (Lipinski definition) is 1. The molecule has 0 aromatic heterocycles. The van der Waals surface area contributed by atoms with E-state index in [1.165, 1.54) is 0 Å². The van der Waals surface area contributed by atoms with Crippen LogP contribution in [0.15, 0.2) is 18.2 Å². The third-order valence-corrected chi connectivity index (χ3v) is 3.38. The first kappa shape index (κ1) is 14.7. The van der Waals surface area contributed by atoms with E-state index in [0.29, 0.717) is 25.7 Å². The number of hydrogen-bond acceptors (Lipinski definition) is 2. The van der Waals surface area contributed by atoms with E-state index in [0.717, 1.165) is 12.1 Å². The Morgan fingerprint density at radius 3 is 2.65 bits per heavy atom. The molecule has 0 unspecified atom stereocenters. The van der Waals surface area contributed by atoms with Crippen LogP contribution in [0.3, 0.4) is 0 Å². The summed E-state index contributed by atoms with van der Waals surface area (Å²) in [6.45, 7) is 1.39. The van der Waals surface area contributed by atoms with Crippen molar-refractivity contribution < 1.29 is 18.4 Å². The lowest BCUT2D eigenvalue weighted by molar-refractivity contribution is -0.134. The van der Waals surface area contributed by atoms with Crippen LogP contribution in [0.5, 0.6) is 0 Å². The van der Waals surface area contributed by atoms with Crippen molar-refractivity contribution in [3.63, 3.8) is 0 Å². The normalized spacial score (nSPS) is 14.8. The van der Waals surface area contributed by atoms with Gasteiger partial charge < -0.3 is 10.2 Å². The topological polar surface area (TPSA) is 49.4 Å². The summed E-state index contributed by atoms with van der Waals surface area (Å²) in [7, 11) is 0. The fourth-order valence-electron chi connectivity index (χ4n) is 1.99. The molecule has 4 nitrogen and oxygen atoms in total. The number of carbonyl (C=O) groups excluding carboxylic acids is 2. The smallest absolute Gasteiger partial charge is 0.254 e. The molecule has 0 saturated carbocycles. The maximum absolute atomic E-state index is 13.4. The first-order valence-corrected chi connectivity index (χ1v) is 6.61. The van der Waals surface area contributed by atoms with Crippen LogP contribution < -0.4 is 5.32 Å². The number of halogens is 3. The largest absolute Gasteiger partial charge is 0.352 e. The van der Waals surface area contributed by atoms with Crippen LogP contribution in [-0.2, 0) is 4.79 Å². The van der Waals surface area contributed by atoms with Gasteiger partial charge in [0, 0.05) is 31.6 Å². The van der Waals surface area contributed by atoms with E-state index in [2.05, 4.69) is 5.32 Å². The van der Waals surface area contributed by atoms with Gasteiger partial charge in [-0.3, -0.25) is 9.59 Å². The Morgan fingerprint density at radius 2 is 2.05 bits per heavy atom. The summed E-state index contributed by atoms with van der Waals surface area (Å²) < 4.78 is 26.1. The lowest BCUT2D eigenvalue weighted by atomic mass is 10.00. The summed E-state index contributed by atoms with van der Waals surface area (Å²) in [5.41, 5.74) is -0.195. The summed E-state index contributed by atoms with van der Waals surface area (Å²) >= 11 is 5.41. The second-order valence-electron chi connectivity index (χ2n) is 4.63. The Hall–Kier alpha value is -1.69. The number of alkyl halides is 1. The highest BCUT2D eigenvalue weighted by Crippen LogP contribution is 2.15. The molecule has 0 radical (unpaired) electrons. The van der Waals surface area contributed by atoms with Crippen LogP contribution in [0.1, 0.15) is 10.4 Å². The predicted molar refractivity (Wildman–Crippen MR) is 69.5 cm³/mol. The van der Waals surface area contributed by atoms with Gasteiger partial charge in [0.25, 0.3) is 5.91 Å². The van der Waals surface area contributed by atoms with Crippen molar-refractivity contribution in [3.05, 3.63) is 35.4 Å². The molecule has 7 heteroatoms. The summed E-state index contributed by atoms with van der Waals surface area (Å²) in [4.78, 5) is 24.5. The second kappa shape index (κ2) is 6.17. The van der Waals surface area contributed by atoms with Crippen LogP contribution >= 0.6 is 11.6 Å². The first-order valence-electron chi connectivity index (χ1n) is 6.08. The van der Waals surface area contributed by atoms with Crippen molar-refractivity contribution in [2.45, 2.75) is 0 Å². The van der Waals surface area contributed by atoms with Crippen LogP contribution in [0.4, 0.5) is 8.78 Å². The summed E-state index contributed by atoms with van der Waals surface area (Å²) in [5.74, 6) is -2.28. The SMILES string of the molecule is O=C(NCC1CN(C(=O)CCl)C1)c1ccc(F)cc1F. The van der Waals surface area contributed by atoms with Crippen molar-refractivity contribution >= 4 is 23.4 Å². The van der Waals surface area contributed by atoms with Crippen molar-refractivity contribution in [2.75, 3.05) is 25.5 Å². The van der Waals surface area contributed by atoms with E-state index in [1.54, 1.807) is 4.90 Å². The van der Waals surface area contributed by atoms with Crippen LogP contribution in [0.25, 0.3) is 0 Å². The number of nitrogens with zero attached hydrogens (tertiary/aromatic N) is 1. The van der Waals surface area contributed by atoms with Crippen LogP contribution in [-0.4, -0.2) is 42.2 Å². The molecule has 1 N–H and O–H groups in total. The number of rotatable bonds is 4. The fraction of sp³-hybridized carbons (Fsp3) is 0.385. The van der Waals surface area contributed by atoms with Crippen molar-refractivity contribution in [3.8, 4) is 0 Å². The molecule has 1 saturated heterocycles. The number of likely N-dealkylation sites (tertiary alicyclic amines) is 1. The van der Waals surface area contributed by atoms with Crippen molar-refractivity contribution in [1.29, 1.82) is 0 Å². The van der Waals surface area contributed by atoms with Gasteiger partial charge in [0.2, 0.25) is 5.91 Å². The zero-order valence-corrected chi connectivity index (χ0v) is 11.3. The summed E-state index contributed by atoms with van der Waals surface area (Å²) in [6, 6.07) is 2.80. The third kappa shape index (κ3) is 3.25. The average Bonchev–Trinajstić information content (AvgIpc) is 2.36. The highest BCUT2D eigenvalue weighted by molar-refractivity contribution is 6.27. The van der Waals surface area contributed by atoms with Crippen molar-refractivity contribution in [1.82, 2.24) is 10.2 Å². The molecule has 2 amide bonds. The Morgan fingerprint density at radius 1 is 1.35 bits per heavy atom. The van der Waals surface area contributed by atoms with Gasteiger partial charge in [-0.15, -0.1) is 11.6 Å². The minimum atomic E-state index is -0.893. The van der Waals surface area contributed by atoms with E-state index in [-0.39, 0.29) is 23.3 Å². The predicted octanol–water partition coefficient (Wildman–Crippen LogP) is 1.39. The van der Waals surface area contributed by atoms with Gasteiger partial charge in [-0.25, -0.2) is 8.78 Å². The second-order valence-corrected chi connectivity index (χ2v) is 4.90. The molecular formula is C13H13ClF2N2O2. The maximum atomic E-state index is 13.4. The third-order valence-electron chi connectivity index (χ3n) is 3.15. The Bertz CT molecular complexity index is 533. The highest BCUT2D eigenvalue weighted by atomic mass is 35.5. The molecule has 0 aliphatic carbocycles. The lowest BCUT2D eigenvalue weighted by Gasteiger charge is -2.39. The standard InChI is InChI=1S/C13H13ClF2N2O2/c14-4-12(19)18-6-8(7-18)5-17-13(20)10-2-1-9(15)3-11(10)16/h1-3,8H,4-7H2,(H,17,20). The van der Waals surface area contributed by atoms with E-state index < -0.39 is 17.5 Å². The van der Waals surface area contributed by atoms with E-state index in [4.69, 9.17) is 11.6 Å². The monoisotopic (exact) mass is 302 g/mol. The van der Waals surface area contributed by atoms with Gasteiger partial charge in [0.1, 0.15) is 17.5 Å². The van der Waals surface area contributed by atoms with Gasteiger partial charge in [-0.1, -0.05) is 0 Å². The maximum Gasteiger partial charge on any atom is 0.254 e. The molecule has 1 fully saturated rings. The zero-order valence-electron chi connectivity index (χ0n) is 10.5. The molecule has 1 aliphatic rings. The van der Waals surface area contributed by atoms with Crippen LogP contribution in [0.2, 0.25) is 0 Å². The van der Waals surface area contributed by atoms with Gasteiger partial charge in [-0.05, 0) is 12.1 Å². The first-order chi connectivity index (χ1) is 9.51. The highest BCUT2D eigenvalue weighted by Gasteiger charge is 2.30. The minimum Gasteiger partial charge on any atom is -0.352 e. The molecule has 1 aromatic carbocycles. The number of benzene rings is 1. The lowest BCUT2D eigenvalue weighted by Crippen LogP contribution is -2.54. The fourth-order valence-corrected chi connectivity index (χ4v) is 2.16. The molecule has 1 heterocycles. The number of nitrogens with one attached hydrogen (secondary N) is 1. The molecule has 1 aliphatic heterocycles. The van der Waals surface area contributed by atoms with Crippen molar-refractivity contribution in [2.24, 2.45) is 5.92 Å².